The number of hydrogen-bond acceptors (Lipinski definition) is 3. The minimum absolute atomic E-state index is 0.308. The van der Waals surface area contributed by atoms with Gasteiger partial charge in [0.2, 0.25) is 0 Å². The SMILES string of the molecule is CCCCc1nc2ccc(-c3cn4cc(C)ccc4n3)cc2n1Cc1ccc(-c2ccccc2C(=O)O)cc1. The Morgan fingerprint density at radius 3 is 2.49 bits per heavy atom. The van der Waals surface area contributed by atoms with Gasteiger partial charge in [-0.25, -0.2) is 14.8 Å². The molecular formula is C33H30N4O2. The van der Waals surface area contributed by atoms with Crippen molar-refractivity contribution in [1.29, 1.82) is 0 Å². The monoisotopic (exact) mass is 514 g/mol. The highest BCUT2D eigenvalue weighted by molar-refractivity contribution is 5.96. The predicted octanol–water partition coefficient (Wildman–Crippen LogP) is 7.42. The third kappa shape index (κ3) is 4.81. The molecule has 0 saturated heterocycles. The van der Waals surface area contributed by atoms with E-state index in [0.717, 1.165) is 69.7 Å². The maximum absolute atomic E-state index is 11.7. The number of aryl methyl sites for hydroxylation is 2. The number of unbranched alkanes of at least 4 members (excludes halogenated alkanes) is 1. The normalized spacial score (nSPS) is 11.4. The molecule has 3 aromatic carbocycles. The lowest BCUT2D eigenvalue weighted by Crippen LogP contribution is -2.05. The summed E-state index contributed by atoms with van der Waals surface area (Å²) in [5.41, 5.74) is 9.25. The Morgan fingerprint density at radius 1 is 0.897 bits per heavy atom. The van der Waals surface area contributed by atoms with Crippen LogP contribution in [0.2, 0.25) is 0 Å². The van der Waals surface area contributed by atoms with Gasteiger partial charge >= 0.3 is 5.97 Å². The Hall–Kier alpha value is -4.71. The van der Waals surface area contributed by atoms with E-state index in [0.29, 0.717) is 12.1 Å². The van der Waals surface area contributed by atoms with Crippen molar-refractivity contribution in [3.05, 3.63) is 114 Å². The number of carboxylic acids is 1. The highest BCUT2D eigenvalue weighted by Crippen LogP contribution is 2.28. The number of carbonyl (C=O) groups is 1. The molecule has 39 heavy (non-hydrogen) atoms. The summed E-state index contributed by atoms with van der Waals surface area (Å²) in [6.07, 6.45) is 7.27. The molecule has 0 atom stereocenters. The van der Waals surface area contributed by atoms with Crippen molar-refractivity contribution < 1.29 is 9.90 Å². The topological polar surface area (TPSA) is 72.4 Å². The number of benzene rings is 3. The van der Waals surface area contributed by atoms with Crippen molar-refractivity contribution in [3.63, 3.8) is 0 Å². The Bertz CT molecular complexity index is 1810. The van der Waals surface area contributed by atoms with E-state index in [1.54, 1.807) is 12.1 Å². The zero-order valence-electron chi connectivity index (χ0n) is 22.1. The number of aromatic carboxylic acids is 1. The van der Waals surface area contributed by atoms with Crippen LogP contribution in [-0.2, 0) is 13.0 Å². The van der Waals surface area contributed by atoms with Gasteiger partial charge in [-0.05, 0) is 59.9 Å². The number of hydrogen-bond donors (Lipinski definition) is 1. The van der Waals surface area contributed by atoms with Crippen molar-refractivity contribution >= 4 is 22.6 Å². The number of nitrogens with zero attached hydrogens (tertiary/aromatic N) is 4. The van der Waals surface area contributed by atoms with Crippen molar-refractivity contribution in [2.75, 3.05) is 0 Å². The summed E-state index contributed by atoms with van der Waals surface area (Å²) < 4.78 is 4.39. The number of pyridine rings is 1. The summed E-state index contributed by atoms with van der Waals surface area (Å²) >= 11 is 0. The van der Waals surface area contributed by atoms with Crippen LogP contribution >= 0.6 is 0 Å². The lowest BCUT2D eigenvalue weighted by Gasteiger charge is -2.11. The first-order chi connectivity index (χ1) is 19.0. The molecule has 1 N–H and O–H groups in total. The first-order valence-corrected chi connectivity index (χ1v) is 13.4. The van der Waals surface area contributed by atoms with Gasteiger partial charge in [0.05, 0.1) is 22.3 Å². The molecule has 6 rings (SSSR count). The molecular weight excluding hydrogens is 484 g/mol. The second-order valence-corrected chi connectivity index (χ2v) is 10.1. The quantitative estimate of drug-likeness (QED) is 0.229. The third-order valence-electron chi connectivity index (χ3n) is 7.24. The number of aromatic nitrogens is 4. The predicted molar refractivity (Wildman–Crippen MR) is 155 cm³/mol. The van der Waals surface area contributed by atoms with E-state index in [9.17, 15) is 9.90 Å². The van der Waals surface area contributed by atoms with Gasteiger partial charge in [-0.15, -0.1) is 0 Å². The van der Waals surface area contributed by atoms with Crippen molar-refractivity contribution in [2.45, 2.75) is 39.7 Å². The molecule has 6 aromatic rings. The molecule has 6 heteroatoms. The van der Waals surface area contributed by atoms with Crippen LogP contribution in [0.25, 0.3) is 39.1 Å². The van der Waals surface area contributed by atoms with Gasteiger partial charge in [0.15, 0.2) is 0 Å². The van der Waals surface area contributed by atoms with Crippen molar-refractivity contribution in [1.82, 2.24) is 18.9 Å². The highest BCUT2D eigenvalue weighted by atomic mass is 16.4. The lowest BCUT2D eigenvalue weighted by atomic mass is 9.98. The smallest absolute Gasteiger partial charge is 0.336 e. The number of imidazole rings is 2. The molecule has 0 aliphatic rings. The molecule has 0 aliphatic heterocycles. The largest absolute Gasteiger partial charge is 0.478 e. The van der Waals surface area contributed by atoms with E-state index in [1.165, 1.54) is 5.56 Å². The van der Waals surface area contributed by atoms with Crippen molar-refractivity contribution in [2.24, 2.45) is 0 Å². The average molecular weight is 515 g/mol. The molecule has 0 spiro atoms. The summed E-state index contributed by atoms with van der Waals surface area (Å²) in [7, 11) is 0. The molecule has 0 aliphatic carbocycles. The van der Waals surface area contributed by atoms with E-state index in [1.807, 2.05) is 30.3 Å². The maximum Gasteiger partial charge on any atom is 0.336 e. The van der Waals surface area contributed by atoms with Gasteiger partial charge in [-0.3, -0.25) is 0 Å². The summed E-state index contributed by atoms with van der Waals surface area (Å²) in [5, 5.41) is 9.60. The van der Waals surface area contributed by atoms with E-state index in [-0.39, 0.29) is 0 Å². The fourth-order valence-electron chi connectivity index (χ4n) is 5.17. The second-order valence-electron chi connectivity index (χ2n) is 10.1. The maximum atomic E-state index is 11.7. The molecule has 0 saturated carbocycles. The average Bonchev–Trinajstić information content (AvgIpc) is 3.52. The van der Waals surface area contributed by atoms with Crippen LogP contribution in [-0.4, -0.2) is 30.0 Å². The highest BCUT2D eigenvalue weighted by Gasteiger charge is 2.15. The fraction of sp³-hybridized carbons (Fsp3) is 0.182. The van der Waals surface area contributed by atoms with E-state index < -0.39 is 5.97 Å². The van der Waals surface area contributed by atoms with Crippen LogP contribution in [0.15, 0.2) is 91.3 Å². The molecule has 194 valence electrons. The number of carboxylic acid groups (broad SMARTS) is 1. The second kappa shape index (κ2) is 10.2. The van der Waals surface area contributed by atoms with Crippen LogP contribution in [0.5, 0.6) is 0 Å². The zero-order chi connectivity index (χ0) is 26.9. The van der Waals surface area contributed by atoms with E-state index >= 15 is 0 Å². The summed E-state index contributed by atoms with van der Waals surface area (Å²) in [6.45, 7) is 4.97. The van der Waals surface area contributed by atoms with E-state index in [2.05, 4.69) is 71.6 Å². The number of rotatable bonds is 8. The Balaban J connectivity index is 1.37. The van der Waals surface area contributed by atoms with Crippen LogP contribution < -0.4 is 0 Å². The van der Waals surface area contributed by atoms with Gasteiger partial charge in [-0.1, -0.05) is 67.9 Å². The van der Waals surface area contributed by atoms with Gasteiger partial charge in [0.1, 0.15) is 11.5 Å². The molecule has 0 radical (unpaired) electrons. The summed E-state index contributed by atoms with van der Waals surface area (Å²) in [6, 6.07) is 25.8. The fourth-order valence-corrected chi connectivity index (χ4v) is 5.17. The van der Waals surface area contributed by atoms with Crippen LogP contribution in [0.4, 0.5) is 0 Å². The Labute approximate surface area is 227 Å². The minimum Gasteiger partial charge on any atom is -0.478 e. The van der Waals surface area contributed by atoms with Crippen LogP contribution in [0, 0.1) is 6.92 Å². The summed E-state index contributed by atoms with van der Waals surface area (Å²) in [4.78, 5) is 21.6. The van der Waals surface area contributed by atoms with Gasteiger partial charge in [0.25, 0.3) is 0 Å². The number of fused-ring (bicyclic) bond motifs is 2. The zero-order valence-corrected chi connectivity index (χ0v) is 22.1. The molecule has 0 amide bonds. The van der Waals surface area contributed by atoms with Crippen LogP contribution in [0.1, 0.15) is 47.1 Å². The lowest BCUT2D eigenvalue weighted by molar-refractivity contribution is 0.0697. The van der Waals surface area contributed by atoms with Gasteiger partial charge in [-0.2, -0.15) is 0 Å². The molecule has 6 nitrogen and oxygen atoms in total. The van der Waals surface area contributed by atoms with Crippen LogP contribution in [0.3, 0.4) is 0 Å². The molecule has 3 heterocycles. The molecule has 0 unspecified atom stereocenters. The first kappa shape index (κ1) is 24.6. The molecule has 0 bridgehead atoms. The third-order valence-corrected chi connectivity index (χ3v) is 7.24. The van der Waals surface area contributed by atoms with E-state index in [4.69, 9.17) is 9.97 Å². The summed E-state index contributed by atoms with van der Waals surface area (Å²) in [5.74, 6) is 0.159. The van der Waals surface area contributed by atoms with Crippen molar-refractivity contribution in [3.8, 4) is 22.4 Å². The minimum atomic E-state index is -0.920. The molecule has 0 fully saturated rings. The first-order valence-electron chi connectivity index (χ1n) is 13.4. The Kier molecular flexibility index (Phi) is 6.45. The Morgan fingerprint density at radius 2 is 1.69 bits per heavy atom. The van der Waals surface area contributed by atoms with Gasteiger partial charge < -0.3 is 14.1 Å². The molecule has 3 aromatic heterocycles. The standard InChI is InChI=1S/C33H30N4O2/c1-3-4-9-32-34-28-16-15-25(29-21-36-19-22(2)10-17-31(36)35-29)18-30(28)37(32)20-23-11-13-24(14-12-23)26-7-5-6-8-27(26)33(38)39/h5-8,10-19,21H,3-4,9,20H2,1-2H3,(H,38,39). The van der Waals surface area contributed by atoms with Gasteiger partial charge in [0, 0.05) is 30.9 Å².